The lowest BCUT2D eigenvalue weighted by Gasteiger charge is -2.34. The third kappa shape index (κ3) is 2.96. The van der Waals surface area contributed by atoms with E-state index in [0.29, 0.717) is 0 Å². The van der Waals surface area contributed by atoms with Gasteiger partial charge in [0.15, 0.2) is 0 Å². The minimum absolute atomic E-state index is 0.0443. The van der Waals surface area contributed by atoms with Gasteiger partial charge >= 0.3 is 0 Å². The minimum Gasteiger partial charge on any atom is -0.494 e. The average Bonchev–Trinajstić information content (AvgIpc) is 2.59. The summed E-state index contributed by atoms with van der Waals surface area (Å²) in [5.41, 5.74) is 2.98. The highest BCUT2D eigenvalue weighted by atomic mass is 16.5. The Morgan fingerprint density at radius 3 is 3.00 bits per heavy atom. The van der Waals surface area contributed by atoms with Crippen LogP contribution in [0.3, 0.4) is 0 Å². The number of rotatable bonds is 3. The first kappa shape index (κ1) is 15.6. The molecule has 1 N–H and O–H groups in total. The predicted molar refractivity (Wildman–Crippen MR) is 92.0 cm³/mol. The SMILES string of the molecule is CNC(=O)C1CCCN(c2cc(C)nc3c(OC)cccc23)C1. The van der Waals surface area contributed by atoms with Crippen LogP contribution in [0.1, 0.15) is 18.5 Å². The number of nitrogens with one attached hydrogen (secondary N) is 1. The number of hydrogen-bond acceptors (Lipinski definition) is 4. The van der Waals surface area contributed by atoms with Crippen LogP contribution in [0.5, 0.6) is 5.75 Å². The molecule has 2 heterocycles. The van der Waals surface area contributed by atoms with Crippen LogP contribution in [0, 0.1) is 12.8 Å². The minimum atomic E-state index is 0.0443. The summed E-state index contributed by atoms with van der Waals surface area (Å²) >= 11 is 0. The highest BCUT2D eigenvalue weighted by Gasteiger charge is 2.26. The summed E-state index contributed by atoms with van der Waals surface area (Å²) in [7, 11) is 3.37. The normalized spacial score (nSPS) is 18.0. The van der Waals surface area contributed by atoms with Crippen molar-refractivity contribution >= 4 is 22.5 Å². The molecule has 1 aromatic heterocycles. The maximum absolute atomic E-state index is 12.0. The predicted octanol–water partition coefficient (Wildman–Crippen LogP) is 2.51. The molecule has 2 aromatic rings. The largest absolute Gasteiger partial charge is 0.494 e. The molecule has 1 aliphatic heterocycles. The molecular formula is C18H23N3O2. The van der Waals surface area contributed by atoms with Crippen LogP contribution in [-0.4, -0.2) is 38.1 Å². The van der Waals surface area contributed by atoms with E-state index < -0.39 is 0 Å². The zero-order valence-electron chi connectivity index (χ0n) is 13.9. The van der Waals surface area contributed by atoms with Crippen molar-refractivity contribution in [3.63, 3.8) is 0 Å². The summed E-state index contributed by atoms with van der Waals surface area (Å²) in [5.74, 6) is 0.956. The zero-order chi connectivity index (χ0) is 16.4. The number of methoxy groups -OCH3 is 1. The number of nitrogens with zero attached hydrogens (tertiary/aromatic N) is 2. The fourth-order valence-corrected chi connectivity index (χ4v) is 3.37. The summed E-state index contributed by atoms with van der Waals surface area (Å²) in [6, 6.07) is 8.10. The number of para-hydroxylation sites is 1. The topological polar surface area (TPSA) is 54.5 Å². The van der Waals surface area contributed by atoms with E-state index in [4.69, 9.17) is 4.74 Å². The summed E-state index contributed by atoms with van der Waals surface area (Å²) in [6.07, 6.45) is 1.96. The van der Waals surface area contributed by atoms with Crippen LogP contribution < -0.4 is 15.0 Å². The Hall–Kier alpha value is -2.30. The van der Waals surface area contributed by atoms with E-state index in [-0.39, 0.29) is 11.8 Å². The maximum atomic E-state index is 12.0. The third-order valence-electron chi connectivity index (χ3n) is 4.51. The number of carbonyl (C=O) groups is 1. The zero-order valence-corrected chi connectivity index (χ0v) is 13.9. The van der Waals surface area contributed by atoms with Gasteiger partial charge in [-0.1, -0.05) is 12.1 Å². The number of pyridine rings is 1. The molecule has 0 radical (unpaired) electrons. The molecule has 1 unspecified atom stereocenters. The van der Waals surface area contributed by atoms with Crippen molar-refractivity contribution in [2.45, 2.75) is 19.8 Å². The first-order valence-corrected chi connectivity index (χ1v) is 8.05. The van der Waals surface area contributed by atoms with Gasteiger partial charge in [0, 0.05) is 36.9 Å². The summed E-state index contributed by atoms with van der Waals surface area (Å²) in [5, 5.41) is 3.85. The fraction of sp³-hybridized carbons (Fsp3) is 0.444. The highest BCUT2D eigenvalue weighted by molar-refractivity contribution is 5.95. The van der Waals surface area contributed by atoms with Crippen molar-refractivity contribution in [2.24, 2.45) is 5.92 Å². The van der Waals surface area contributed by atoms with Gasteiger partial charge in [-0.3, -0.25) is 4.79 Å². The lowest BCUT2D eigenvalue weighted by Crippen LogP contribution is -2.42. The van der Waals surface area contributed by atoms with Crippen LogP contribution in [0.25, 0.3) is 10.9 Å². The van der Waals surface area contributed by atoms with Gasteiger partial charge in [-0.15, -0.1) is 0 Å². The van der Waals surface area contributed by atoms with Crippen LogP contribution in [0.15, 0.2) is 24.3 Å². The van der Waals surface area contributed by atoms with E-state index in [2.05, 4.69) is 27.3 Å². The van der Waals surface area contributed by atoms with Crippen molar-refractivity contribution in [1.82, 2.24) is 10.3 Å². The van der Waals surface area contributed by atoms with Gasteiger partial charge < -0.3 is 15.0 Å². The van der Waals surface area contributed by atoms with Crippen LogP contribution in [0.2, 0.25) is 0 Å². The Morgan fingerprint density at radius 2 is 2.26 bits per heavy atom. The lowest BCUT2D eigenvalue weighted by molar-refractivity contribution is -0.124. The molecule has 3 rings (SSSR count). The van der Waals surface area contributed by atoms with Crippen LogP contribution in [0.4, 0.5) is 5.69 Å². The van der Waals surface area contributed by atoms with Gasteiger partial charge in [-0.25, -0.2) is 4.98 Å². The molecule has 1 fully saturated rings. The van der Waals surface area contributed by atoms with Crippen molar-refractivity contribution in [3.05, 3.63) is 30.0 Å². The number of carbonyl (C=O) groups excluding carboxylic acids is 1. The first-order chi connectivity index (χ1) is 11.1. The van der Waals surface area contributed by atoms with Crippen LogP contribution in [-0.2, 0) is 4.79 Å². The van der Waals surface area contributed by atoms with E-state index in [0.717, 1.165) is 54.0 Å². The molecule has 0 bridgehead atoms. The Labute approximate surface area is 136 Å². The second-order valence-electron chi connectivity index (χ2n) is 6.04. The summed E-state index contributed by atoms with van der Waals surface area (Å²) in [6.45, 7) is 3.70. The van der Waals surface area contributed by atoms with Gasteiger partial charge in [0.2, 0.25) is 5.91 Å². The van der Waals surface area contributed by atoms with Crippen molar-refractivity contribution in [3.8, 4) is 5.75 Å². The Bertz CT molecular complexity index is 730. The Kier molecular flexibility index (Phi) is 4.37. The fourth-order valence-electron chi connectivity index (χ4n) is 3.37. The number of piperidine rings is 1. The first-order valence-electron chi connectivity index (χ1n) is 8.05. The number of aromatic nitrogens is 1. The Balaban J connectivity index is 2.03. The van der Waals surface area contributed by atoms with Crippen molar-refractivity contribution in [2.75, 3.05) is 32.1 Å². The van der Waals surface area contributed by atoms with Gasteiger partial charge in [0.05, 0.1) is 13.0 Å². The molecule has 1 aliphatic rings. The average molecular weight is 313 g/mol. The van der Waals surface area contributed by atoms with E-state index >= 15 is 0 Å². The number of amides is 1. The molecule has 1 aromatic carbocycles. The van der Waals surface area contributed by atoms with Gasteiger partial charge in [-0.2, -0.15) is 0 Å². The number of ether oxygens (including phenoxy) is 1. The third-order valence-corrected chi connectivity index (χ3v) is 4.51. The van der Waals surface area contributed by atoms with Crippen molar-refractivity contribution < 1.29 is 9.53 Å². The molecule has 5 heteroatoms. The molecule has 1 atom stereocenters. The molecule has 23 heavy (non-hydrogen) atoms. The van der Waals surface area contributed by atoms with Gasteiger partial charge in [-0.05, 0) is 31.9 Å². The highest BCUT2D eigenvalue weighted by Crippen LogP contribution is 2.34. The van der Waals surface area contributed by atoms with Gasteiger partial charge in [0.1, 0.15) is 11.3 Å². The van der Waals surface area contributed by atoms with Crippen molar-refractivity contribution in [1.29, 1.82) is 0 Å². The molecule has 0 aliphatic carbocycles. The number of benzene rings is 1. The number of fused-ring (bicyclic) bond motifs is 1. The summed E-state index contributed by atoms with van der Waals surface area (Å²) in [4.78, 5) is 19.0. The van der Waals surface area contributed by atoms with Gasteiger partial charge in [0.25, 0.3) is 0 Å². The van der Waals surface area contributed by atoms with E-state index in [1.165, 1.54) is 0 Å². The molecule has 0 saturated carbocycles. The molecule has 0 spiro atoms. The quantitative estimate of drug-likeness (QED) is 0.946. The second kappa shape index (κ2) is 6.44. The molecule has 1 saturated heterocycles. The molecule has 1 amide bonds. The standard InChI is InChI=1S/C18H23N3O2/c1-12-10-15(14-7-4-8-16(23-3)17(14)20-12)21-9-5-6-13(11-21)18(22)19-2/h4,7-8,10,13H,5-6,9,11H2,1-3H3,(H,19,22). The van der Waals surface area contributed by atoms with E-state index in [9.17, 15) is 4.79 Å². The monoisotopic (exact) mass is 313 g/mol. The number of hydrogen-bond donors (Lipinski definition) is 1. The smallest absolute Gasteiger partial charge is 0.224 e. The summed E-state index contributed by atoms with van der Waals surface area (Å²) < 4.78 is 5.46. The Morgan fingerprint density at radius 1 is 1.43 bits per heavy atom. The van der Waals surface area contributed by atoms with E-state index in [1.54, 1.807) is 14.2 Å². The second-order valence-corrected chi connectivity index (χ2v) is 6.04. The molecule has 122 valence electrons. The van der Waals surface area contributed by atoms with E-state index in [1.807, 2.05) is 19.1 Å². The lowest BCUT2D eigenvalue weighted by atomic mass is 9.96. The van der Waals surface area contributed by atoms with Crippen LogP contribution >= 0.6 is 0 Å². The number of aryl methyl sites for hydroxylation is 1. The number of anilines is 1. The molecule has 5 nitrogen and oxygen atoms in total. The molecular weight excluding hydrogens is 290 g/mol. The maximum Gasteiger partial charge on any atom is 0.224 e.